The van der Waals surface area contributed by atoms with E-state index < -0.39 is 0 Å². The van der Waals surface area contributed by atoms with Crippen molar-refractivity contribution in [3.63, 3.8) is 0 Å². The Bertz CT molecular complexity index is 987. The predicted molar refractivity (Wildman–Crippen MR) is 135 cm³/mol. The maximum Gasteiger partial charge on any atom is 0.251 e. The maximum atomic E-state index is 11.8. The van der Waals surface area contributed by atoms with Crippen LogP contribution in [-0.4, -0.2) is 42.1 Å². The molecular formula is C23H29IN6O. The summed E-state index contributed by atoms with van der Waals surface area (Å²) in [7, 11) is 3.40. The minimum Gasteiger partial charge on any atom is -0.356 e. The van der Waals surface area contributed by atoms with E-state index in [1.165, 1.54) is 11.1 Å². The zero-order chi connectivity index (χ0) is 21.2. The van der Waals surface area contributed by atoms with Gasteiger partial charge in [0.05, 0.1) is 6.33 Å². The van der Waals surface area contributed by atoms with E-state index in [2.05, 4.69) is 50.2 Å². The van der Waals surface area contributed by atoms with Crippen LogP contribution in [0.3, 0.4) is 0 Å². The Morgan fingerprint density at radius 1 is 1.06 bits per heavy atom. The Kier molecular flexibility index (Phi) is 10.0. The summed E-state index contributed by atoms with van der Waals surface area (Å²) in [6.07, 6.45) is 6.36. The van der Waals surface area contributed by atoms with Crippen LogP contribution in [0.1, 0.15) is 27.0 Å². The molecule has 8 heteroatoms. The highest BCUT2D eigenvalue weighted by atomic mass is 127. The van der Waals surface area contributed by atoms with Gasteiger partial charge in [-0.05, 0) is 35.2 Å². The summed E-state index contributed by atoms with van der Waals surface area (Å²) in [5.41, 5.74) is 4.19. The molecule has 0 saturated carbocycles. The first-order valence-electron chi connectivity index (χ1n) is 9.97. The third kappa shape index (κ3) is 7.71. The van der Waals surface area contributed by atoms with Crippen LogP contribution >= 0.6 is 24.0 Å². The first-order chi connectivity index (χ1) is 14.7. The van der Waals surface area contributed by atoms with Gasteiger partial charge in [-0.2, -0.15) is 0 Å². The van der Waals surface area contributed by atoms with E-state index in [1.54, 1.807) is 20.3 Å². The number of hydrogen-bond donors (Lipinski definition) is 3. The summed E-state index contributed by atoms with van der Waals surface area (Å²) >= 11 is 0. The zero-order valence-electron chi connectivity index (χ0n) is 17.8. The van der Waals surface area contributed by atoms with Crippen LogP contribution in [0.5, 0.6) is 0 Å². The van der Waals surface area contributed by atoms with Gasteiger partial charge in [0.1, 0.15) is 0 Å². The molecule has 0 saturated heterocycles. The molecule has 2 aromatic carbocycles. The highest BCUT2D eigenvalue weighted by Gasteiger charge is 2.04. The van der Waals surface area contributed by atoms with E-state index in [4.69, 9.17) is 0 Å². The van der Waals surface area contributed by atoms with Crippen LogP contribution in [-0.2, 0) is 19.5 Å². The number of rotatable bonds is 8. The monoisotopic (exact) mass is 532 g/mol. The Morgan fingerprint density at radius 2 is 1.84 bits per heavy atom. The molecule has 1 aromatic heterocycles. The average Bonchev–Trinajstić information content (AvgIpc) is 3.29. The predicted octanol–water partition coefficient (Wildman–Crippen LogP) is 2.82. The van der Waals surface area contributed by atoms with E-state index >= 15 is 0 Å². The van der Waals surface area contributed by atoms with Gasteiger partial charge in [0, 0.05) is 51.7 Å². The van der Waals surface area contributed by atoms with Gasteiger partial charge in [0.15, 0.2) is 5.96 Å². The standard InChI is InChI=1S/C23H28N6O.HI/c1-24-22(30)21-8-4-5-18(14-21)9-10-27-23(25-2)28-15-19-6-3-7-20(13-19)16-29-12-11-26-17-29;/h3-8,11-14,17H,9-10,15-16H2,1-2H3,(H,24,30)(H2,25,27,28);1H. The van der Waals surface area contributed by atoms with Gasteiger partial charge in [-0.3, -0.25) is 9.79 Å². The van der Waals surface area contributed by atoms with Crippen LogP contribution in [0, 0.1) is 0 Å². The van der Waals surface area contributed by atoms with Crippen molar-refractivity contribution < 1.29 is 4.79 Å². The maximum absolute atomic E-state index is 11.8. The second-order valence-corrected chi connectivity index (χ2v) is 6.94. The van der Waals surface area contributed by atoms with E-state index in [0.29, 0.717) is 12.1 Å². The molecule has 0 fully saturated rings. The van der Waals surface area contributed by atoms with Crippen LogP contribution in [0.25, 0.3) is 0 Å². The number of aromatic nitrogens is 2. The Morgan fingerprint density at radius 3 is 2.58 bits per heavy atom. The first-order valence-corrected chi connectivity index (χ1v) is 9.97. The number of amides is 1. The lowest BCUT2D eigenvalue weighted by molar-refractivity contribution is 0.0963. The molecule has 0 radical (unpaired) electrons. The number of hydrogen-bond acceptors (Lipinski definition) is 3. The van der Waals surface area contributed by atoms with Crippen molar-refractivity contribution >= 4 is 35.8 Å². The van der Waals surface area contributed by atoms with Crippen molar-refractivity contribution in [1.29, 1.82) is 0 Å². The molecular weight excluding hydrogens is 503 g/mol. The normalized spacial score (nSPS) is 10.8. The van der Waals surface area contributed by atoms with Crippen molar-refractivity contribution in [2.75, 3.05) is 20.6 Å². The van der Waals surface area contributed by atoms with E-state index in [1.807, 2.05) is 41.4 Å². The summed E-state index contributed by atoms with van der Waals surface area (Å²) < 4.78 is 2.05. The average molecular weight is 532 g/mol. The van der Waals surface area contributed by atoms with Crippen LogP contribution in [0.4, 0.5) is 0 Å². The summed E-state index contributed by atoms with van der Waals surface area (Å²) in [6, 6.07) is 16.1. The van der Waals surface area contributed by atoms with Crippen LogP contribution in [0.15, 0.2) is 72.2 Å². The number of carbonyl (C=O) groups excluding carboxylic acids is 1. The van der Waals surface area contributed by atoms with Crippen molar-refractivity contribution in [3.05, 3.63) is 89.5 Å². The number of halogens is 1. The fourth-order valence-corrected chi connectivity index (χ4v) is 3.17. The molecule has 1 heterocycles. The van der Waals surface area contributed by atoms with Crippen molar-refractivity contribution in [3.8, 4) is 0 Å². The third-order valence-electron chi connectivity index (χ3n) is 4.72. The van der Waals surface area contributed by atoms with Gasteiger partial charge in [0.2, 0.25) is 0 Å². The fraction of sp³-hybridized carbons (Fsp3) is 0.261. The number of aliphatic imine (C=N–C) groups is 1. The quantitative estimate of drug-likeness (QED) is 0.237. The SMILES string of the molecule is CN=C(NCCc1cccc(C(=O)NC)c1)NCc1cccc(Cn2ccnc2)c1.I. The van der Waals surface area contributed by atoms with Gasteiger partial charge < -0.3 is 20.5 Å². The molecule has 0 atom stereocenters. The number of guanidine groups is 1. The smallest absolute Gasteiger partial charge is 0.251 e. The van der Waals surface area contributed by atoms with Gasteiger partial charge in [-0.15, -0.1) is 24.0 Å². The Balaban J connectivity index is 0.00000341. The molecule has 31 heavy (non-hydrogen) atoms. The second-order valence-electron chi connectivity index (χ2n) is 6.94. The lowest BCUT2D eigenvalue weighted by Gasteiger charge is -2.13. The van der Waals surface area contributed by atoms with Crippen molar-refractivity contribution in [2.24, 2.45) is 4.99 Å². The molecule has 3 aromatic rings. The lowest BCUT2D eigenvalue weighted by Crippen LogP contribution is -2.37. The molecule has 0 aliphatic heterocycles. The largest absolute Gasteiger partial charge is 0.356 e. The molecule has 0 spiro atoms. The van der Waals surface area contributed by atoms with Gasteiger partial charge in [0.25, 0.3) is 5.91 Å². The lowest BCUT2D eigenvalue weighted by atomic mass is 10.1. The fourth-order valence-electron chi connectivity index (χ4n) is 3.17. The minimum absolute atomic E-state index is 0. The highest BCUT2D eigenvalue weighted by molar-refractivity contribution is 14.0. The van der Waals surface area contributed by atoms with Crippen LogP contribution in [0.2, 0.25) is 0 Å². The van der Waals surface area contributed by atoms with Gasteiger partial charge in [-0.1, -0.05) is 36.4 Å². The molecule has 3 rings (SSSR count). The number of nitrogens with zero attached hydrogens (tertiary/aromatic N) is 3. The molecule has 0 bridgehead atoms. The Hall–Kier alpha value is -2.88. The van der Waals surface area contributed by atoms with E-state index in [9.17, 15) is 4.79 Å². The molecule has 0 aliphatic rings. The third-order valence-corrected chi connectivity index (χ3v) is 4.72. The Labute approximate surface area is 200 Å². The molecule has 1 amide bonds. The van der Waals surface area contributed by atoms with Gasteiger partial charge in [-0.25, -0.2) is 4.98 Å². The summed E-state index contributed by atoms with van der Waals surface area (Å²) in [5.74, 6) is 0.676. The van der Waals surface area contributed by atoms with E-state index in [-0.39, 0.29) is 29.9 Å². The molecule has 0 aliphatic carbocycles. The molecule has 7 nitrogen and oxygen atoms in total. The second kappa shape index (κ2) is 12.7. The van der Waals surface area contributed by atoms with Crippen molar-refractivity contribution in [1.82, 2.24) is 25.5 Å². The summed E-state index contributed by atoms with van der Waals surface area (Å²) in [6.45, 7) is 2.21. The van der Waals surface area contributed by atoms with E-state index in [0.717, 1.165) is 31.0 Å². The number of benzene rings is 2. The summed E-state index contributed by atoms with van der Waals surface area (Å²) in [4.78, 5) is 20.1. The zero-order valence-corrected chi connectivity index (χ0v) is 20.2. The van der Waals surface area contributed by atoms with Gasteiger partial charge >= 0.3 is 0 Å². The number of nitrogens with one attached hydrogen (secondary N) is 3. The molecule has 0 unspecified atom stereocenters. The topological polar surface area (TPSA) is 83.3 Å². The minimum atomic E-state index is -0.0717. The first kappa shape index (κ1) is 24.4. The van der Waals surface area contributed by atoms with Crippen LogP contribution < -0.4 is 16.0 Å². The molecule has 3 N–H and O–H groups in total. The van der Waals surface area contributed by atoms with Crippen molar-refractivity contribution in [2.45, 2.75) is 19.5 Å². The number of carbonyl (C=O) groups is 1. The highest BCUT2D eigenvalue weighted by Crippen LogP contribution is 2.08. The number of imidazole rings is 1. The molecule has 164 valence electrons. The summed E-state index contributed by atoms with van der Waals surface area (Å²) in [5, 5.41) is 9.33.